The second-order valence-corrected chi connectivity index (χ2v) is 5.88. The van der Waals surface area contributed by atoms with Crippen LogP contribution in [0.3, 0.4) is 0 Å². The summed E-state index contributed by atoms with van der Waals surface area (Å²) in [5, 5.41) is 5.94. The normalized spacial score (nSPS) is 23.5. The van der Waals surface area contributed by atoms with E-state index in [1.807, 2.05) is 0 Å². The number of carbonyl (C=O) groups excluding carboxylic acids is 2. The van der Waals surface area contributed by atoms with Crippen LogP contribution in [0.5, 0.6) is 0 Å². The number of nitrogens with zero attached hydrogens (tertiary/aromatic N) is 2. The number of amides is 1. The number of fused-ring (bicyclic) bond motifs is 2. The lowest BCUT2D eigenvalue weighted by Crippen LogP contribution is -2.34. The molecule has 1 heterocycles. The lowest BCUT2D eigenvalue weighted by Gasteiger charge is -2.23. The lowest BCUT2D eigenvalue weighted by atomic mass is 10.1. The number of piperidine rings is 1. The highest BCUT2D eigenvalue weighted by atomic mass is 19.1. The summed E-state index contributed by atoms with van der Waals surface area (Å²) >= 11 is 0. The fourth-order valence-corrected chi connectivity index (χ4v) is 3.22. The van der Waals surface area contributed by atoms with E-state index in [9.17, 15) is 14.0 Å². The number of hydrazone groups is 1. The van der Waals surface area contributed by atoms with Crippen LogP contribution in [0.2, 0.25) is 0 Å². The van der Waals surface area contributed by atoms with Gasteiger partial charge in [0.15, 0.2) is 0 Å². The summed E-state index contributed by atoms with van der Waals surface area (Å²) in [5.74, 6) is -0.696. The number of esters is 1. The molecular formula is C17H19FN2O3. The minimum absolute atomic E-state index is 0.0183. The molecule has 1 saturated heterocycles. The monoisotopic (exact) mass is 318 g/mol. The Kier molecular flexibility index (Phi) is 4.41. The van der Waals surface area contributed by atoms with Gasteiger partial charge < -0.3 is 4.74 Å². The number of rotatable bonds is 5. The number of carbonyl (C=O) groups is 2. The van der Waals surface area contributed by atoms with Crippen LogP contribution in [-0.2, 0) is 14.3 Å². The molecule has 2 atom stereocenters. The average molecular weight is 318 g/mol. The first-order valence-corrected chi connectivity index (χ1v) is 7.90. The van der Waals surface area contributed by atoms with Gasteiger partial charge in [-0.3, -0.25) is 9.59 Å². The third kappa shape index (κ3) is 3.25. The van der Waals surface area contributed by atoms with Gasteiger partial charge in [0.2, 0.25) is 5.91 Å². The molecule has 1 aliphatic heterocycles. The Bertz CT molecular complexity index is 642. The molecule has 1 aliphatic carbocycles. The first kappa shape index (κ1) is 15.6. The van der Waals surface area contributed by atoms with Crippen molar-refractivity contribution in [3.05, 3.63) is 35.6 Å². The first-order chi connectivity index (χ1) is 11.1. The summed E-state index contributed by atoms with van der Waals surface area (Å²) in [6.07, 6.45) is 2.65. The fraction of sp³-hybridized carbons (Fsp3) is 0.471. The molecule has 2 unspecified atom stereocenters. The number of ether oxygens (including phenoxy) is 1. The molecule has 0 radical (unpaired) electrons. The third-order valence-electron chi connectivity index (χ3n) is 4.35. The van der Waals surface area contributed by atoms with Gasteiger partial charge in [-0.05, 0) is 43.9 Å². The Morgan fingerprint density at radius 3 is 2.70 bits per heavy atom. The second-order valence-electron chi connectivity index (χ2n) is 5.88. The number of hydrogen-bond acceptors (Lipinski definition) is 4. The average Bonchev–Trinajstić information content (AvgIpc) is 3.11. The summed E-state index contributed by atoms with van der Waals surface area (Å²) in [6.45, 7) is 2.01. The minimum atomic E-state index is -0.410. The zero-order valence-corrected chi connectivity index (χ0v) is 13.0. The summed E-state index contributed by atoms with van der Waals surface area (Å²) in [7, 11) is 0. The predicted molar refractivity (Wildman–Crippen MR) is 82.2 cm³/mol. The van der Waals surface area contributed by atoms with Crippen molar-refractivity contribution in [3.8, 4) is 0 Å². The summed E-state index contributed by atoms with van der Waals surface area (Å²) < 4.78 is 18.1. The first-order valence-electron chi connectivity index (χ1n) is 7.90. The third-order valence-corrected chi connectivity index (χ3v) is 4.35. The SMILES string of the molecule is CCOC(=O)C/C(=N\N1C(=O)C2CCC1C2)c1ccc(F)cc1. The van der Waals surface area contributed by atoms with Crippen LogP contribution in [0.4, 0.5) is 4.39 Å². The molecule has 2 fully saturated rings. The molecular weight excluding hydrogens is 299 g/mol. The van der Waals surface area contributed by atoms with Crippen LogP contribution < -0.4 is 0 Å². The van der Waals surface area contributed by atoms with E-state index in [2.05, 4.69) is 5.10 Å². The van der Waals surface area contributed by atoms with Crippen molar-refractivity contribution in [2.45, 2.75) is 38.6 Å². The molecule has 1 saturated carbocycles. The molecule has 2 aliphatic rings. The van der Waals surface area contributed by atoms with E-state index in [0.717, 1.165) is 19.3 Å². The van der Waals surface area contributed by atoms with Crippen molar-refractivity contribution < 1.29 is 18.7 Å². The molecule has 1 aromatic carbocycles. The molecule has 1 aromatic rings. The van der Waals surface area contributed by atoms with Crippen LogP contribution in [0, 0.1) is 11.7 Å². The lowest BCUT2D eigenvalue weighted by molar-refractivity contribution is -0.141. The van der Waals surface area contributed by atoms with E-state index in [-0.39, 0.29) is 36.7 Å². The van der Waals surface area contributed by atoms with Gasteiger partial charge in [0.05, 0.1) is 24.8 Å². The van der Waals surface area contributed by atoms with Crippen molar-refractivity contribution in [2.24, 2.45) is 11.0 Å². The maximum atomic E-state index is 13.1. The zero-order valence-electron chi connectivity index (χ0n) is 13.0. The van der Waals surface area contributed by atoms with Crippen molar-refractivity contribution in [1.82, 2.24) is 5.01 Å². The highest BCUT2D eigenvalue weighted by Crippen LogP contribution is 2.38. The zero-order chi connectivity index (χ0) is 16.4. The van der Waals surface area contributed by atoms with Crippen LogP contribution in [0.1, 0.15) is 38.2 Å². The van der Waals surface area contributed by atoms with Crippen molar-refractivity contribution in [3.63, 3.8) is 0 Å². The molecule has 122 valence electrons. The highest BCUT2D eigenvalue weighted by Gasteiger charge is 2.45. The molecule has 0 N–H and O–H groups in total. The Balaban J connectivity index is 1.88. The quantitative estimate of drug-likeness (QED) is 0.619. The van der Waals surface area contributed by atoms with E-state index in [1.54, 1.807) is 19.1 Å². The Labute approximate surface area is 134 Å². The maximum Gasteiger partial charge on any atom is 0.311 e. The minimum Gasteiger partial charge on any atom is -0.466 e. The van der Waals surface area contributed by atoms with Crippen LogP contribution in [0.15, 0.2) is 29.4 Å². The van der Waals surface area contributed by atoms with E-state index < -0.39 is 5.97 Å². The smallest absolute Gasteiger partial charge is 0.311 e. The fourth-order valence-electron chi connectivity index (χ4n) is 3.22. The van der Waals surface area contributed by atoms with E-state index in [1.165, 1.54) is 17.1 Å². The summed E-state index contributed by atoms with van der Waals surface area (Å²) in [6, 6.07) is 5.87. The van der Waals surface area contributed by atoms with Crippen LogP contribution >= 0.6 is 0 Å². The molecule has 2 bridgehead atoms. The number of benzene rings is 1. The molecule has 0 spiro atoms. The van der Waals surface area contributed by atoms with Gasteiger partial charge in [-0.1, -0.05) is 12.1 Å². The Morgan fingerprint density at radius 2 is 2.09 bits per heavy atom. The number of halogens is 1. The van der Waals surface area contributed by atoms with Gasteiger partial charge in [-0.25, -0.2) is 9.40 Å². The van der Waals surface area contributed by atoms with E-state index in [4.69, 9.17) is 4.74 Å². The van der Waals surface area contributed by atoms with E-state index in [0.29, 0.717) is 11.3 Å². The molecule has 3 rings (SSSR count). The highest BCUT2D eigenvalue weighted by molar-refractivity contribution is 6.09. The topological polar surface area (TPSA) is 59.0 Å². The van der Waals surface area contributed by atoms with Gasteiger partial charge in [0.1, 0.15) is 5.82 Å². The molecule has 0 aromatic heterocycles. The van der Waals surface area contributed by atoms with Gasteiger partial charge in [0, 0.05) is 5.92 Å². The van der Waals surface area contributed by atoms with Gasteiger partial charge >= 0.3 is 5.97 Å². The van der Waals surface area contributed by atoms with Gasteiger partial charge in [0.25, 0.3) is 0 Å². The summed E-state index contributed by atoms with van der Waals surface area (Å²) in [4.78, 5) is 24.1. The standard InChI is InChI=1S/C17H19FN2O3/c1-2-23-16(21)10-15(11-3-6-13(18)7-4-11)19-20-14-8-5-12(9-14)17(20)22/h3-4,6-7,12,14H,2,5,8-10H2,1H3/b19-15+. The molecule has 5 nitrogen and oxygen atoms in total. The largest absolute Gasteiger partial charge is 0.466 e. The van der Waals surface area contributed by atoms with Crippen molar-refractivity contribution in [2.75, 3.05) is 6.61 Å². The van der Waals surface area contributed by atoms with E-state index >= 15 is 0 Å². The summed E-state index contributed by atoms with van der Waals surface area (Å²) in [5.41, 5.74) is 1.05. The van der Waals surface area contributed by atoms with Crippen molar-refractivity contribution >= 4 is 17.6 Å². The molecule has 6 heteroatoms. The Hall–Kier alpha value is -2.24. The maximum absolute atomic E-state index is 13.1. The molecule has 23 heavy (non-hydrogen) atoms. The molecule has 1 amide bonds. The van der Waals surface area contributed by atoms with Crippen LogP contribution in [0.25, 0.3) is 0 Å². The van der Waals surface area contributed by atoms with Gasteiger partial charge in [-0.2, -0.15) is 5.10 Å². The predicted octanol–water partition coefficient (Wildman–Crippen LogP) is 2.49. The van der Waals surface area contributed by atoms with Gasteiger partial charge in [-0.15, -0.1) is 0 Å². The number of hydrogen-bond donors (Lipinski definition) is 0. The van der Waals surface area contributed by atoms with Crippen molar-refractivity contribution in [1.29, 1.82) is 0 Å². The second kappa shape index (κ2) is 6.48. The van der Waals surface area contributed by atoms with Crippen LogP contribution in [-0.4, -0.2) is 35.2 Å². The Morgan fingerprint density at radius 1 is 1.35 bits per heavy atom.